The SMILES string of the molecule is Brc1ccc(N2CC3(CCNCC3)C2)cc1. The lowest BCUT2D eigenvalue weighted by atomic mass is 9.72. The highest BCUT2D eigenvalue weighted by atomic mass is 79.9. The molecule has 86 valence electrons. The molecule has 2 nitrogen and oxygen atoms in total. The first kappa shape index (κ1) is 10.6. The zero-order chi connectivity index (χ0) is 11.0. The molecule has 0 unspecified atom stereocenters. The molecule has 3 heteroatoms. The van der Waals surface area contributed by atoms with E-state index in [2.05, 4.69) is 50.4 Å². The average molecular weight is 281 g/mol. The van der Waals surface area contributed by atoms with Gasteiger partial charge < -0.3 is 10.2 Å². The van der Waals surface area contributed by atoms with Crippen molar-refractivity contribution >= 4 is 21.6 Å². The van der Waals surface area contributed by atoms with Crippen molar-refractivity contribution in [3.8, 4) is 0 Å². The smallest absolute Gasteiger partial charge is 0.0367 e. The molecule has 1 aromatic carbocycles. The Kier molecular flexibility index (Phi) is 2.68. The molecule has 0 radical (unpaired) electrons. The molecule has 0 atom stereocenters. The van der Waals surface area contributed by atoms with Gasteiger partial charge in [0.15, 0.2) is 0 Å². The number of nitrogens with zero attached hydrogens (tertiary/aromatic N) is 1. The van der Waals surface area contributed by atoms with Crippen LogP contribution in [0.1, 0.15) is 12.8 Å². The van der Waals surface area contributed by atoms with Gasteiger partial charge in [0.05, 0.1) is 0 Å². The highest BCUT2D eigenvalue weighted by Crippen LogP contribution is 2.41. The molecule has 2 fully saturated rings. The molecule has 2 saturated heterocycles. The lowest BCUT2D eigenvalue weighted by Crippen LogP contribution is -2.60. The molecule has 2 aliphatic rings. The Morgan fingerprint density at radius 1 is 1.06 bits per heavy atom. The Morgan fingerprint density at radius 2 is 1.69 bits per heavy atom. The summed E-state index contributed by atoms with van der Waals surface area (Å²) in [7, 11) is 0. The van der Waals surface area contributed by atoms with Gasteiger partial charge in [-0.2, -0.15) is 0 Å². The quantitative estimate of drug-likeness (QED) is 0.851. The van der Waals surface area contributed by atoms with Gasteiger partial charge in [-0.3, -0.25) is 0 Å². The molecule has 16 heavy (non-hydrogen) atoms. The van der Waals surface area contributed by atoms with E-state index in [1.807, 2.05) is 0 Å². The van der Waals surface area contributed by atoms with Gasteiger partial charge in [0.25, 0.3) is 0 Å². The molecular weight excluding hydrogens is 264 g/mol. The molecule has 1 N–H and O–H groups in total. The number of halogens is 1. The Labute approximate surface area is 105 Å². The van der Waals surface area contributed by atoms with E-state index in [0.29, 0.717) is 5.41 Å². The normalized spacial score (nSPS) is 23.2. The molecule has 0 aromatic heterocycles. The molecule has 0 amide bonds. The van der Waals surface area contributed by atoms with Crippen molar-refractivity contribution in [1.29, 1.82) is 0 Å². The monoisotopic (exact) mass is 280 g/mol. The number of anilines is 1. The van der Waals surface area contributed by atoms with E-state index >= 15 is 0 Å². The van der Waals surface area contributed by atoms with Crippen molar-refractivity contribution in [2.45, 2.75) is 12.8 Å². The van der Waals surface area contributed by atoms with Crippen molar-refractivity contribution in [2.75, 3.05) is 31.1 Å². The highest BCUT2D eigenvalue weighted by Gasteiger charge is 2.43. The van der Waals surface area contributed by atoms with Crippen molar-refractivity contribution < 1.29 is 0 Å². The van der Waals surface area contributed by atoms with Gasteiger partial charge in [-0.05, 0) is 50.2 Å². The fourth-order valence-electron chi connectivity index (χ4n) is 2.87. The molecule has 0 saturated carbocycles. The summed E-state index contributed by atoms with van der Waals surface area (Å²) in [4.78, 5) is 2.50. The van der Waals surface area contributed by atoms with Gasteiger partial charge in [0, 0.05) is 28.7 Å². The van der Waals surface area contributed by atoms with Crippen LogP contribution in [0.15, 0.2) is 28.7 Å². The van der Waals surface area contributed by atoms with Crippen LogP contribution in [0, 0.1) is 5.41 Å². The minimum atomic E-state index is 0.623. The first-order valence-corrected chi connectivity index (χ1v) is 6.78. The molecule has 2 aliphatic heterocycles. The molecule has 0 bridgehead atoms. The molecular formula is C13H17BrN2. The van der Waals surface area contributed by atoms with Gasteiger partial charge in [0.2, 0.25) is 0 Å². The van der Waals surface area contributed by atoms with Crippen LogP contribution in [0.5, 0.6) is 0 Å². The maximum atomic E-state index is 3.48. The minimum absolute atomic E-state index is 0.623. The van der Waals surface area contributed by atoms with Crippen molar-refractivity contribution in [3.63, 3.8) is 0 Å². The first-order valence-electron chi connectivity index (χ1n) is 5.99. The van der Waals surface area contributed by atoms with Crippen molar-refractivity contribution in [3.05, 3.63) is 28.7 Å². The Morgan fingerprint density at radius 3 is 2.31 bits per heavy atom. The second-order valence-electron chi connectivity index (χ2n) is 5.08. The number of hydrogen-bond donors (Lipinski definition) is 1. The number of benzene rings is 1. The summed E-state index contributed by atoms with van der Waals surface area (Å²) in [5.41, 5.74) is 1.99. The zero-order valence-corrected chi connectivity index (χ0v) is 11.0. The zero-order valence-electron chi connectivity index (χ0n) is 9.38. The summed E-state index contributed by atoms with van der Waals surface area (Å²) in [5.74, 6) is 0. The summed E-state index contributed by atoms with van der Waals surface area (Å²) < 4.78 is 1.16. The molecule has 1 spiro atoms. The fourth-order valence-corrected chi connectivity index (χ4v) is 3.14. The highest BCUT2D eigenvalue weighted by molar-refractivity contribution is 9.10. The third-order valence-electron chi connectivity index (χ3n) is 3.91. The lowest BCUT2D eigenvalue weighted by molar-refractivity contribution is 0.150. The summed E-state index contributed by atoms with van der Waals surface area (Å²) in [6.45, 7) is 4.90. The summed E-state index contributed by atoms with van der Waals surface area (Å²) in [6, 6.07) is 8.67. The molecule has 2 heterocycles. The molecule has 1 aromatic rings. The van der Waals surface area contributed by atoms with Crippen LogP contribution in [0.3, 0.4) is 0 Å². The molecule has 3 rings (SSSR count). The average Bonchev–Trinajstić information content (AvgIpc) is 2.28. The minimum Gasteiger partial charge on any atom is -0.370 e. The number of nitrogens with one attached hydrogen (secondary N) is 1. The Bertz CT molecular complexity index is 360. The van der Waals surface area contributed by atoms with E-state index < -0.39 is 0 Å². The van der Waals surface area contributed by atoms with Gasteiger partial charge in [-0.1, -0.05) is 15.9 Å². The van der Waals surface area contributed by atoms with Crippen LogP contribution >= 0.6 is 15.9 Å². The number of hydrogen-bond acceptors (Lipinski definition) is 2. The topological polar surface area (TPSA) is 15.3 Å². The molecule has 0 aliphatic carbocycles. The third kappa shape index (κ3) is 1.87. The predicted molar refractivity (Wildman–Crippen MR) is 70.9 cm³/mol. The van der Waals surface area contributed by atoms with Crippen LogP contribution in [-0.4, -0.2) is 26.2 Å². The van der Waals surface area contributed by atoms with Crippen LogP contribution in [0.25, 0.3) is 0 Å². The second kappa shape index (κ2) is 4.04. The number of piperidine rings is 1. The standard InChI is InChI=1S/C13H17BrN2/c14-11-1-3-12(4-2-11)16-9-13(10-16)5-7-15-8-6-13/h1-4,15H,5-10H2. The predicted octanol–water partition coefficient (Wildman–Crippen LogP) is 2.64. The van der Waals surface area contributed by atoms with Gasteiger partial charge in [0.1, 0.15) is 0 Å². The maximum Gasteiger partial charge on any atom is 0.0367 e. The Hall–Kier alpha value is -0.540. The summed E-state index contributed by atoms with van der Waals surface area (Å²) >= 11 is 3.48. The summed E-state index contributed by atoms with van der Waals surface area (Å²) in [6.07, 6.45) is 2.69. The van der Waals surface area contributed by atoms with E-state index in [9.17, 15) is 0 Å². The van der Waals surface area contributed by atoms with Crippen LogP contribution in [0.4, 0.5) is 5.69 Å². The summed E-state index contributed by atoms with van der Waals surface area (Å²) in [5, 5.41) is 3.45. The van der Waals surface area contributed by atoms with Crippen molar-refractivity contribution in [2.24, 2.45) is 5.41 Å². The largest absolute Gasteiger partial charge is 0.370 e. The van der Waals surface area contributed by atoms with Crippen LogP contribution in [-0.2, 0) is 0 Å². The maximum absolute atomic E-state index is 3.48. The first-order chi connectivity index (χ1) is 7.77. The van der Waals surface area contributed by atoms with E-state index in [1.54, 1.807) is 0 Å². The fraction of sp³-hybridized carbons (Fsp3) is 0.538. The number of rotatable bonds is 1. The Balaban J connectivity index is 1.66. The van der Waals surface area contributed by atoms with E-state index in [1.165, 1.54) is 44.7 Å². The van der Waals surface area contributed by atoms with E-state index in [-0.39, 0.29) is 0 Å². The third-order valence-corrected chi connectivity index (χ3v) is 4.44. The van der Waals surface area contributed by atoms with Crippen LogP contribution < -0.4 is 10.2 Å². The lowest BCUT2D eigenvalue weighted by Gasteiger charge is -2.53. The van der Waals surface area contributed by atoms with E-state index in [0.717, 1.165) is 4.47 Å². The van der Waals surface area contributed by atoms with Gasteiger partial charge in [-0.25, -0.2) is 0 Å². The van der Waals surface area contributed by atoms with Crippen molar-refractivity contribution in [1.82, 2.24) is 5.32 Å². The van der Waals surface area contributed by atoms with E-state index in [4.69, 9.17) is 0 Å². The van der Waals surface area contributed by atoms with Crippen LogP contribution in [0.2, 0.25) is 0 Å². The van der Waals surface area contributed by atoms with Gasteiger partial charge >= 0.3 is 0 Å². The second-order valence-corrected chi connectivity index (χ2v) is 6.00. The van der Waals surface area contributed by atoms with Gasteiger partial charge in [-0.15, -0.1) is 0 Å².